The summed E-state index contributed by atoms with van der Waals surface area (Å²) in [6.07, 6.45) is 1.43. The Morgan fingerprint density at radius 1 is 1.02 bits per heavy atom. The van der Waals surface area contributed by atoms with Crippen molar-refractivity contribution in [3.8, 4) is 23.3 Å². The summed E-state index contributed by atoms with van der Waals surface area (Å²) < 4.78 is 17.6. The van der Waals surface area contributed by atoms with Gasteiger partial charge in [-0.3, -0.25) is 14.9 Å². The molecule has 1 N–H and O–H groups in total. The van der Waals surface area contributed by atoms with E-state index in [1.165, 1.54) is 25.3 Å². The maximum absolute atomic E-state index is 12.9. The molecule has 42 heavy (non-hydrogen) atoms. The highest BCUT2D eigenvalue weighted by Crippen LogP contribution is 2.38. The Kier molecular flexibility index (Phi) is 10.2. The first-order valence-corrected chi connectivity index (χ1v) is 13.6. The number of carbonyl (C=O) groups excluding carboxylic acids is 1. The summed E-state index contributed by atoms with van der Waals surface area (Å²) in [7, 11) is 1.45. The molecule has 0 atom stereocenters. The lowest BCUT2D eigenvalue weighted by Crippen LogP contribution is -2.13. The Morgan fingerprint density at radius 3 is 2.40 bits per heavy atom. The van der Waals surface area contributed by atoms with Crippen molar-refractivity contribution in [1.82, 2.24) is 0 Å². The van der Waals surface area contributed by atoms with Crippen LogP contribution in [0.1, 0.15) is 16.7 Å². The highest BCUT2D eigenvalue weighted by atomic mass is 79.9. The number of rotatable bonds is 11. The van der Waals surface area contributed by atoms with Gasteiger partial charge >= 0.3 is 0 Å². The molecule has 0 radical (unpaired) electrons. The third kappa shape index (κ3) is 8.10. The quantitative estimate of drug-likeness (QED) is 0.0764. The van der Waals surface area contributed by atoms with Gasteiger partial charge in [0.05, 0.1) is 16.5 Å². The fraction of sp³-hybridized carbons (Fsp3) is 0.0968. The minimum absolute atomic E-state index is 0.0386. The van der Waals surface area contributed by atoms with Gasteiger partial charge in [0.25, 0.3) is 11.6 Å². The lowest BCUT2D eigenvalue weighted by atomic mass is 10.1. The van der Waals surface area contributed by atoms with E-state index in [1.54, 1.807) is 60.7 Å². The number of amides is 1. The smallest absolute Gasteiger partial charge is 0.269 e. The summed E-state index contributed by atoms with van der Waals surface area (Å²) in [5.41, 5.74) is 2.40. The minimum atomic E-state index is -0.589. The van der Waals surface area contributed by atoms with Crippen molar-refractivity contribution in [2.45, 2.75) is 13.2 Å². The van der Waals surface area contributed by atoms with E-state index in [2.05, 4.69) is 21.2 Å². The molecule has 1 amide bonds. The van der Waals surface area contributed by atoms with E-state index < -0.39 is 10.8 Å². The first kappa shape index (κ1) is 30.1. The van der Waals surface area contributed by atoms with Crippen LogP contribution in [0, 0.1) is 21.4 Å². The number of anilines is 1. The monoisotopic (exact) mass is 647 g/mol. The van der Waals surface area contributed by atoms with Crippen molar-refractivity contribution in [3.05, 3.63) is 127 Å². The number of carbonyl (C=O) groups is 1. The predicted octanol–water partition coefficient (Wildman–Crippen LogP) is 7.72. The van der Waals surface area contributed by atoms with Crippen LogP contribution in [0.3, 0.4) is 0 Å². The second-order valence-corrected chi connectivity index (χ2v) is 10.1. The van der Waals surface area contributed by atoms with Crippen LogP contribution < -0.4 is 19.5 Å². The summed E-state index contributed by atoms with van der Waals surface area (Å²) in [5.74, 6) is 0.729. The molecule has 0 saturated heterocycles. The number of nitrogens with one attached hydrogen (secondary N) is 1. The van der Waals surface area contributed by atoms with Gasteiger partial charge in [0.15, 0.2) is 11.5 Å². The molecule has 0 aliphatic rings. The van der Waals surface area contributed by atoms with Gasteiger partial charge in [-0.1, -0.05) is 35.9 Å². The van der Waals surface area contributed by atoms with Gasteiger partial charge in [-0.15, -0.1) is 0 Å². The lowest BCUT2D eigenvalue weighted by Gasteiger charge is -2.14. The summed E-state index contributed by atoms with van der Waals surface area (Å²) in [6, 6.07) is 25.5. The highest BCUT2D eigenvalue weighted by molar-refractivity contribution is 9.10. The number of hydrogen-bond donors (Lipinski definition) is 1. The Bertz CT molecular complexity index is 1670. The first-order valence-electron chi connectivity index (χ1n) is 12.4. The average Bonchev–Trinajstić information content (AvgIpc) is 2.99. The molecule has 212 valence electrons. The normalized spacial score (nSPS) is 10.9. The van der Waals surface area contributed by atoms with Crippen LogP contribution in [-0.2, 0) is 18.0 Å². The number of nitro benzene ring substituents is 1. The zero-order valence-electron chi connectivity index (χ0n) is 22.2. The summed E-state index contributed by atoms with van der Waals surface area (Å²) in [6.45, 7) is 0.421. The molecule has 4 aromatic rings. The third-order valence-corrected chi connectivity index (χ3v) is 6.70. The fourth-order valence-electron chi connectivity index (χ4n) is 3.77. The molecule has 0 aromatic heterocycles. The van der Waals surface area contributed by atoms with Crippen LogP contribution in [0.5, 0.6) is 17.2 Å². The molecular weight excluding hydrogens is 626 g/mol. The predicted molar refractivity (Wildman–Crippen MR) is 163 cm³/mol. The number of benzene rings is 4. The standard InChI is InChI=1S/C31H23BrClN3O6/c1-40-29-16-22(15-28(32)30(29)42-19-21-3-2-4-26(14-21)36(38)39)13-23(17-34)31(37)35-25-9-11-27(12-10-25)41-18-20-5-7-24(33)8-6-20/h2-16H,18-19H2,1H3,(H,35,37)/b23-13+. The molecule has 11 heteroatoms. The molecule has 4 rings (SSSR count). The molecule has 0 spiro atoms. The van der Waals surface area contributed by atoms with E-state index in [1.807, 2.05) is 18.2 Å². The molecule has 4 aromatic carbocycles. The van der Waals surface area contributed by atoms with Crippen LogP contribution in [0.25, 0.3) is 6.08 Å². The lowest BCUT2D eigenvalue weighted by molar-refractivity contribution is -0.384. The van der Waals surface area contributed by atoms with Crippen molar-refractivity contribution in [2.24, 2.45) is 0 Å². The van der Waals surface area contributed by atoms with Crippen LogP contribution in [0.4, 0.5) is 11.4 Å². The van der Waals surface area contributed by atoms with E-state index in [-0.39, 0.29) is 17.9 Å². The van der Waals surface area contributed by atoms with Gasteiger partial charge in [-0.25, -0.2) is 0 Å². The van der Waals surface area contributed by atoms with Gasteiger partial charge in [0.1, 0.15) is 30.6 Å². The zero-order valence-corrected chi connectivity index (χ0v) is 24.5. The fourth-order valence-corrected chi connectivity index (χ4v) is 4.47. The number of nitriles is 1. The number of nitro groups is 1. The molecular formula is C31H23BrClN3O6. The number of methoxy groups -OCH3 is 1. The van der Waals surface area contributed by atoms with Crippen molar-refractivity contribution in [3.63, 3.8) is 0 Å². The van der Waals surface area contributed by atoms with Gasteiger partial charge in [0.2, 0.25) is 0 Å². The third-order valence-electron chi connectivity index (χ3n) is 5.86. The summed E-state index contributed by atoms with van der Waals surface area (Å²) in [5, 5.41) is 24.1. The molecule has 0 saturated carbocycles. The SMILES string of the molecule is COc1cc(/C=C(\C#N)C(=O)Nc2ccc(OCc3ccc(Cl)cc3)cc2)cc(Br)c1OCc1cccc([N+](=O)[O-])c1. The maximum atomic E-state index is 12.9. The second-order valence-electron chi connectivity index (χ2n) is 8.81. The Balaban J connectivity index is 1.42. The first-order chi connectivity index (χ1) is 20.2. The molecule has 0 aliphatic carbocycles. The van der Waals surface area contributed by atoms with Gasteiger partial charge < -0.3 is 19.5 Å². The van der Waals surface area contributed by atoms with E-state index in [9.17, 15) is 20.2 Å². The highest BCUT2D eigenvalue weighted by Gasteiger charge is 2.15. The van der Waals surface area contributed by atoms with Crippen LogP contribution >= 0.6 is 27.5 Å². The van der Waals surface area contributed by atoms with Gasteiger partial charge in [-0.2, -0.15) is 5.26 Å². The van der Waals surface area contributed by atoms with Crippen molar-refractivity contribution >= 4 is 50.9 Å². The number of ether oxygens (including phenoxy) is 3. The number of nitrogens with zero attached hydrogens (tertiary/aromatic N) is 2. The van der Waals surface area contributed by atoms with Crippen molar-refractivity contribution in [2.75, 3.05) is 12.4 Å². The topological polar surface area (TPSA) is 124 Å². The van der Waals surface area contributed by atoms with Gasteiger partial charge in [-0.05, 0) is 87.2 Å². The number of halogens is 2. The summed E-state index contributed by atoms with van der Waals surface area (Å²) in [4.78, 5) is 23.4. The molecule has 0 fully saturated rings. The van der Waals surface area contributed by atoms with Crippen molar-refractivity contribution < 1.29 is 23.9 Å². The number of non-ortho nitro benzene ring substituents is 1. The molecule has 0 aliphatic heterocycles. The average molecular weight is 649 g/mol. The molecule has 0 bridgehead atoms. The van der Waals surface area contributed by atoms with Crippen LogP contribution in [-0.4, -0.2) is 17.9 Å². The Morgan fingerprint density at radius 2 is 1.74 bits per heavy atom. The number of hydrogen-bond acceptors (Lipinski definition) is 7. The van der Waals surface area contributed by atoms with Crippen LogP contribution in [0.2, 0.25) is 5.02 Å². The van der Waals surface area contributed by atoms with Crippen molar-refractivity contribution in [1.29, 1.82) is 5.26 Å². The maximum Gasteiger partial charge on any atom is 0.269 e. The van der Waals surface area contributed by atoms with E-state index >= 15 is 0 Å². The van der Waals surface area contributed by atoms with E-state index in [0.29, 0.717) is 50.2 Å². The molecule has 0 heterocycles. The van der Waals surface area contributed by atoms with Gasteiger partial charge in [0, 0.05) is 22.8 Å². The molecule has 0 unspecified atom stereocenters. The largest absolute Gasteiger partial charge is 0.493 e. The van der Waals surface area contributed by atoms with Crippen LogP contribution in [0.15, 0.2) is 95.0 Å². The zero-order chi connectivity index (χ0) is 30.1. The molecule has 9 nitrogen and oxygen atoms in total. The van der Waals surface area contributed by atoms with E-state index in [4.69, 9.17) is 25.8 Å². The Labute approximate surface area is 255 Å². The Hall–Kier alpha value is -4.85. The second kappa shape index (κ2) is 14.2. The summed E-state index contributed by atoms with van der Waals surface area (Å²) >= 11 is 9.35. The minimum Gasteiger partial charge on any atom is -0.493 e. The van der Waals surface area contributed by atoms with E-state index in [0.717, 1.165) is 5.56 Å².